The topological polar surface area (TPSA) is 70.7 Å². The van der Waals surface area contributed by atoms with Crippen LogP contribution in [0.5, 0.6) is 0 Å². The minimum atomic E-state index is -0.370. The monoisotopic (exact) mass is 331 g/mol. The van der Waals surface area contributed by atoms with Gasteiger partial charge in [-0.2, -0.15) is 0 Å². The molecule has 2 atom stereocenters. The predicted molar refractivity (Wildman–Crippen MR) is 92.0 cm³/mol. The van der Waals surface area contributed by atoms with Crippen molar-refractivity contribution < 1.29 is 14.3 Å². The van der Waals surface area contributed by atoms with Gasteiger partial charge in [-0.05, 0) is 57.0 Å². The van der Waals surface area contributed by atoms with Gasteiger partial charge in [0.25, 0.3) is 11.8 Å². The summed E-state index contributed by atoms with van der Waals surface area (Å²) in [5, 5.41) is 6.02. The van der Waals surface area contributed by atoms with E-state index in [-0.39, 0.29) is 17.9 Å². The van der Waals surface area contributed by atoms with Gasteiger partial charge in [0.05, 0.1) is 0 Å². The van der Waals surface area contributed by atoms with Gasteiger partial charge in [0.2, 0.25) is 0 Å². The zero-order chi connectivity index (χ0) is 16.9. The molecule has 130 valence electrons. The SMILES string of the molecule is CNCC1CCN(C(=O)c2cccc(NC(=O)C3CCCO3)c2)C1. The van der Waals surface area contributed by atoms with E-state index in [1.54, 1.807) is 24.3 Å². The number of hydrogen-bond acceptors (Lipinski definition) is 4. The normalized spacial score (nSPS) is 23.5. The maximum absolute atomic E-state index is 12.7. The largest absolute Gasteiger partial charge is 0.368 e. The molecule has 1 aromatic rings. The fourth-order valence-corrected chi connectivity index (χ4v) is 3.39. The Morgan fingerprint density at radius 1 is 1.33 bits per heavy atom. The second-order valence-corrected chi connectivity index (χ2v) is 6.54. The summed E-state index contributed by atoms with van der Waals surface area (Å²) in [6.45, 7) is 3.14. The molecular formula is C18H25N3O3. The van der Waals surface area contributed by atoms with E-state index in [9.17, 15) is 9.59 Å². The van der Waals surface area contributed by atoms with Crippen LogP contribution in [0.3, 0.4) is 0 Å². The molecule has 24 heavy (non-hydrogen) atoms. The summed E-state index contributed by atoms with van der Waals surface area (Å²) >= 11 is 0. The number of benzene rings is 1. The van der Waals surface area contributed by atoms with Crippen molar-refractivity contribution in [2.75, 3.05) is 38.6 Å². The van der Waals surface area contributed by atoms with Crippen molar-refractivity contribution in [1.82, 2.24) is 10.2 Å². The molecule has 0 radical (unpaired) electrons. The van der Waals surface area contributed by atoms with E-state index in [2.05, 4.69) is 10.6 Å². The van der Waals surface area contributed by atoms with Crippen LogP contribution in [0, 0.1) is 5.92 Å². The van der Waals surface area contributed by atoms with E-state index in [1.807, 2.05) is 11.9 Å². The van der Waals surface area contributed by atoms with Crippen molar-refractivity contribution in [3.05, 3.63) is 29.8 Å². The molecule has 2 heterocycles. The van der Waals surface area contributed by atoms with Gasteiger partial charge >= 0.3 is 0 Å². The molecule has 6 nitrogen and oxygen atoms in total. The predicted octanol–water partition coefficient (Wildman–Crippen LogP) is 1.49. The van der Waals surface area contributed by atoms with Gasteiger partial charge in [0.15, 0.2) is 0 Å². The first kappa shape index (κ1) is 16.9. The van der Waals surface area contributed by atoms with Crippen LogP contribution in [-0.4, -0.2) is 56.1 Å². The summed E-state index contributed by atoms with van der Waals surface area (Å²) in [5.41, 5.74) is 1.26. The van der Waals surface area contributed by atoms with E-state index < -0.39 is 0 Å². The van der Waals surface area contributed by atoms with Gasteiger partial charge in [0.1, 0.15) is 6.10 Å². The number of carbonyl (C=O) groups excluding carboxylic acids is 2. The smallest absolute Gasteiger partial charge is 0.253 e. The van der Waals surface area contributed by atoms with Crippen molar-refractivity contribution in [2.24, 2.45) is 5.92 Å². The molecule has 0 bridgehead atoms. The maximum atomic E-state index is 12.7. The van der Waals surface area contributed by atoms with Crippen LogP contribution in [0.25, 0.3) is 0 Å². The Morgan fingerprint density at radius 2 is 2.21 bits per heavy atom. The fourth-order valence-electron chi connectivity index (χ4n) is 3.39. The average Bonchev–Trinajstić information content (AvgIpc) is 3.26. The summed E-state index contributed by atoms with van der Waals surface area (Å²) in [7, 11) is 1.94. The molecule has 1 aromatic carbocycles. The third-order valence-electron chi connectivity index (χ3n) is 4.67. The molecule has 0 saturated carbocycles. The van der Waals surface area contributed by atoms with E-state index in [0.717, 1.165) is 38.9 Å². The molecule has 2 aliphatic rings. The number of nitrogens with one attached hydrogen (secondary N) is 2. The minimum absolute atomic E-state index is 0.0295. The molecule has 2 aliphatic heterocycles. The number of carbonyl (C=O) groups is 2. The lowest BCUT2D eigenvalue weighted by molar-refractivity contribution is -0.124. The van der Waals surface area contributed by atoms with E-state index in [0.29, 0.717) is 23.8 Å². The van der Waals surface area contributed by atoms with Gasteiger partial charge in [0, 0.05) is 30.9 Å². The van der Waals surface area contributed by atoms with Gasteiger partial charge < -0.3 is 20.3 Å². The van der Waals surface area contributed by atoms with Crippen molar-refractivity contribution in [2.45, 2.75) is 25.4 Å². The van der Waals surface area contributed by atoms with Crippen LogP contribution < -0.4 is 10.6 Å². The van der Waals surface area contributed by atoms with Crippen molar-refractivity contribution in [3.8, 4) is 0 Å². The maximum Gasteiger partial charge on any atom is 0.253 e. The number of nitrogens with zero attached hydrogens (tertiary/aromatic N) is 1. The second kappa shape index (κ2) is 7.77. The number of ether oxygens (including phenoxy) is 1. The molecule has 2 fully saturated rings. The molecule has 2 N–H and O–H groups in total. The van der Waals surface area contributed by atoms with E-state index in [1.165, 1.54) is 0 Å². The number of hydrogen-bond donors (Lipinski definition) is 2. The van der Waals surface area contributed by atoms with Crippen LogP contribution in [-0.2, 0) is 9.53 Å². The molecule has 6 heteroatoms. The van der Waals surface area contributed by atoms with Gasteiger partial charge in [-0.1, -0.05) is 6.07 Å². The van der Waals surface area contributed by atoms with Gasteiger partial charge in [-0.3, -0.25) is 9.59 Å². The Bertz CT molecular complexity index is 599. The zero-order valence-electron chi connectivity index (χ0n) is 14.1. The molecule has 2 unspecified atom stereocenters. The lowest BCUT2D eigenvalue weighted by Crippen LogP contribution is -2.30. The van der Waals surface area contributed by atoms with Crippen molar-refractivity contribution in [3.63, 3.8) is 0 Å². The highest BCUT2D eigenvalue weighted by Gasteiger charge is 2.27. The Kier molecular flexibility index (Phi) is 5.48. The molecule has 0 aromatic heterocycles. The summed E-state index contributed by atoms with van der Waals surface area (Å²) in [4.78, 5) is 26.7. The summed E-state index contributed by atoms with van der Waals surface area (Å²) in [5.74, 6) is 0.413. The van der Waals surface area contributed by atoms with E-state index >= 15 is 0 Å². The Hall–Kier alpha value is -1.92. The Balaban J connectivity index is 1.62. The van der Waals surface area contributed by atoms with Crippen LogP contribution in [0.4, 0.5) is 5.69 Å². The lowest BCUT2D eigenvalue weighted by atomic mass is 10.1. The molecule has 2 saturated heterocycles. The molecular weight excluding hydrogens is 306 g/mol. The quantitative estimate of drug-likeness (QED) is 0.857. The van der Waals surface area contributed by atoms with Gasteiger partial charge in [-0.25, -0.2) is 0 Å². The second-order valence-electron chi connectivity index (χ2n) is 6.54. The average molecular weight is 331 g/mol. The van der Waals surface area contributed by atoms with E-state index in [4.69, 9.17) is 4.74 Å². The molecule has 0 aliphatic carbocycles. The highest BCUT2D eigenvalue weighted by Crippen LogP contribution is 2.20. The summed E-state index contributed by atoms with van der Waals surface area (Å²) in [6, 6.07) is 7.16. The first-order chi connectivity index (χ1) is 11.7. The van der Waals surface area contributed by atoms with Crippen molar-refractivity contribution >= 4 is 17.5 Å². The summed E-state index contributed by atoms with van der Waals surface area (Å²) < 4.78 is 5.39. The van der Waals surface area contributed by atoms with Gasteiger partial charge in [-0.15, -0.1) is 0 Å². The van der Waals surface area contributed by atoms with Crippen LogP contribution in [0.2, 0.25) is 0 Å². The number of anilines is 1. The minimum Gasteiger partial charge on any atom is -0.368 e. The third-order valence-corrected chi connectivity index (χ3v) is 4.67. The summed E-state index contributed by atoms with van der Waals surface area (Å²) in [6.07, 6.45) is 2.33. The highest BCUT2D eigenvalue weighted by molar-refractivity contribution is 5.98. The number of rotatable bonds is 5. The molecule has 0 spiro atoms. The zero-order valence-corrected chi connectivity index (χ0v) is 14.1. The first-order valence-corrected chi connectivity index (χ1v) is 8.64. The lowest BCUT2D eigenvalue weighted by Gasteiger charge is -2.17. The van der Waals surface area contributed by atoms with Crippen LogP contribution in [0.15, 0.2) is 24.3 Å². The van der Waals surface area contributed by atoms with Crippen LogP contribution >= 0.6 is 0 Å². The Labute approximate surface area is 142 Å². The highest BCUT2D eigenvalue weighted by atomic mass is 16.5. The number of amides is 2. The first-order valence-electron chi connectivity index (χ1n) is 8.64. The Morgan fingerprint density at radius 3 is 2.96 bits per heavy atom. The molecule has 2 amide bonds. The fraction of sp³-hybridized carbons (Fsp3) is 0.556. The third kappa shape index (κ3) is 3.94. The standard InChI is InChI=1S/C18H25N3O3/c1-19-11-13-7-8-21(12-13)18(23)14-4-2-5-15(10-14)20-17(22)16-6-3-9-24-16/h2,4-5,10,13,16,19H,3,6-9,11-12H2,1H3,(H,20,22). The molecule has 3 rings (SSSR count). The van der Waals surface area contributed by atoms with Crippen LogP contribution in [0.1, 0.15) is 29.6 Å². The van der Waals surface area contributed by atoms with Crippen molar-refractivity contribution in [1.29, 1.82) is 0 Å². The number of likely N-dealkylation sites (tertiary alicyclic amines) is 1.